The quantitative estimate of drug-likeness (QED) is 0.782. The van der Waals surface area contributed by atoms with E-state index in [9.17, 15) is 14.4 Å². The van der Waals surface area contributed by atoms with Crippen molar-refractivity contribution in [3.05, 3.63) is 33.8 Å². The number of rotatable bonds is 4. The van der Waals surface area contributed by atoms with Gasteiger partial charge in [-0.1, -0.05) is 6.07 Å². The fourth-order valence-corrected chi connectivity index (χ4v) is 3.67. The predicted octanol–water partition coefficient (Wildman–Crippen LogP) is 2.33. The Labute approximate surface area is 151 Å². The Balaban J connectivity index is 1.72. The van der Waals surface area contributed by atoms with Crippen molar-refractivity contribution in [1.29, 1.82) is 0 Å². The van der Waals surface area contributed by atoms with Gasteiger partial charge in [-0.25, -0.2) is 4.79 Å². The smallest absolute Gasteiger partial charge is 0.420 e. The highest BCUT2D eigenvalue weighted by atomic mass is 16.5. The van der Waals surface area contributed by atoms with Gasteiger partial charge in [-0.05, 0) is 43.9 Å². The Hall–Kier alpha value is -2.57. The molecule has 0 N–H and O–H groups in total. The number of methoxy groups -OCH3 is 1. The van der Waals surface area contributed by atoms with E-state index < -0.39 is 0 Å². The van der Waals surface area contributed by atoms with E-state index in [0.29, 0.717) is 31.5 Å². The van der Waals surface area contributed by atoms with Crippen molar-refractivity contribution in [2.24, 2.45) is 0 Å². The van der Waals surface area contributed by atoms with E-state index in [-0.39, 0.29) is 36.5 Å². The lowest BCUT2D eigenvalue weighted by Crippen LogP contribution is -2.40. The number of carbonyl (C=O) groups is 2. The molecule has 1 saturated heterocycles. The molecule has 1 aliphatic heterocycles. The molecule has 1 aromatic carbocycles. The minimum Gasteiger partial charge on any atom is -0.469 e. The zero-order valence-corrected chi connectivity index (χ0v) is 15.4. The third kappa shape index (κ3) is 3.52. The SMILES string of the molecule is COC(=O)CCC(=O)N1CCC(n2c(=O)oc3c(C)cc(C)cc32)CC1. The van der Waals surface area contributed by atoms with Gasteiger partial charge in [-0.3, -0.25) is 14.2 Å². The van der Waals surface area contributed by atoms with Gasteiger partial charge in [0.15, 0.2) is 5.58 Å². The number of piperidine rings is 1. The number of ether oxygens (including phenoxy) is 1. The molecule has 2 aromatic rings. The summed E-state index contributed by atoms with van der Waals surface area (Å²) in [6, 6.07) is 3.98. The maximum atomic E-state index is 12.4. The van der Waals surface area contributed by atoms with Gasteiger partial charge in [0.05, 0.1) is 19.0 Å². The molecule has 1 fully saturated rings. The third-order valence-electron chi connectivity index (χ3n) is 5.00. The second-order valence-corrected chi connectivity index (χ2v) is 6.86. The number of carbonyl (C=O) groups excluding carboxylic acids is 2. The molecule has 7 nitrogen and oxygen atoms in total. The van der Waals surface area contributed by atoms with Gasteiger partial charge >= 0.3 is 11.7 Å². The third-order valence-corrected chi connectivity index (χ3v) is 5.00. The molecule has 2 heterocycles. The van der Waals surface area contributed by atoms with Crippen molar-refractivity contribution in [3.63, 3.8) is 0 Å². The second-order valence-electron chi connectivity index (χ2n) is 6.86. The van der Waals surface area contributed by atoms with Gasteiger partial charge in [-0.15, -0.1) is 0 Å². The Morgan fingerprint density at radius 1 is 1.19 bits per heavy atom. The van der Waals surface area contributed by atoms with E-state index in [1.54, 1.807) is 9.47 Å². The van der Waals surface area contributed by atoms with Crippen molar-refractivity contribution in [3.8, 4) is 0 Å². The molecule has 0 spiro atoms. The molecule has 0 saturated carbocycles. The van der Waals surface area contributed by atoms with Crippen LogP contribution in [-0.4, -0.2) is 41.5 Å². The summed E-state index contributed by atoms with van der Waals surface area (Å²) >= 11 is 0. The molecule has 0 bridgehead atoms. The number of hydrogen-bond donors (Lipinski definition) is 0. The first kappa shape index (κ1) is 18.2. The number of oxazole rings is 1. The summed E-state index contributed by atoms with van der Waals surface area (Å²) < 4.78 is 11.8. The van der Waals surface area contributed by atoms with Crippen LogP contribution >= 0.6 is 0 Å². The number of benzene rings is 1. The lowest BCUT2D eigenvalue weighted by Gasteiger charge is -2.32. The van der Waals surface area contributed by atoms with Crippen molar-refractivity contribution in [2.75, 3.05) is 20.2 Å². The number of likely N-dealkylation sites (tertiary alicyclic amines) is 1. The molecule has 1 aliphatic rings. The van der Waals surface area contributed by atoms with Crippen molar-refractivity contribution < 1.29 is 18.7 Å². The van der Waals surface area contributed by atoms with E-state index in [4.69, 9.17) is 4.42 Å². The molecule has 26 heavy (non-hydrogen) atoms. The van der Waals surface area contributed by atoms with Crippen LogP contribution in [0.3, 0.4) is 0 Å². The number of esters is 1. The molecule has 3 rings (SSSR count). The first-order valence-electron chi connectivity index (χ1n) is 8.87. The summed E-state index contributed by atoms with van der Waals surface area (Å²) in [4.78, 5) is 37.5. The fraction of sp³-hybridized carbons (Fsp3) is 0.526. The summed E-state index contributed by atoms with van der Waals surface area (Å²) in [6.45, 7) is 5.06. The minimum absolute atomic E-state index is 0.00890. The summed E-state index contributed by atoms with van der Waals surface area (Å²) in [7, 11) is 1.31. The summed E-state index contributed by atoms with van der Waals surface area (Å²) in [5, 5.41) is 0. The maximum Gasteiger partial charge on any atom is 0.420 e. The molecule has 0 radical (unpaired) electrons. The van der Waals surface area contributed by atoms with Gasteiger partial charge < -0.3 is 14.1 Å². The van der Waals surface area contributed by atoms with Gasteiger partial charge in [0.25, 0.3) is 0 Å². The van der Waals surface area contributed by atoms with Gasteiger partial charge in [0.1, 0.15) is 0 Å². The summed E-state index contributed by atoms with van der Waals surface area (Å²) in [5.41, 5.74) is 3.49. The number of aryl methyl sites for hydroxylation is 2. The van der Waals surface area contributed by atoms with Gasteiger partial charge in [-0.2, -0.15) is 0 Å². The molecule has 0 atom stereocenters. The molecule has 0 aliphatic carbocycles. The van der Waals surface area contributed by atoms with E-state index >= 15 is 0 Å². The lowest BCUT2D eigenvalue weighted by molar-refractivity contribution is -0.143. The average Bonchev–Trinajstić information content (AvgIpc) is 2.95. The highest BCUT2D eigenvalue weighted by molar-refractivity contribution is 5.81. The Morgan fingerprint density at radius 3 is 2.54 bits per heavy atom. The monoisotopic (exact) mass is 360 g/mol. The molecule has 7 heteroatoms. The minimum atomic E-state index is -0.379. The molecule has 1 amide bonds. The Bertz CT molecular complexity index is 887. The predicted molar refractivity (Wildman–Crippen MR) is 96.0 cm³/mol. The standard InChI is InChI=1S/C19H24N2O5/c1-12-10-13(2)18-15(11-12)21(19(24)26-18)14-6-8-20(9-7-14)16(22)4-5-17(23)25-3/h10-11,14H,4-9H2,1-3H3. The van der Waals surface area contributed by atoms with Crippen LogP contribution in [0.4, 0.5) is 0 Å². The van der Waals surface area contributed by atoms with Crippen LogP contribution in [-0.2, 0) is 14.3 Å². The van der Waals surface area contributed by atoms with E-state index in [2.05, 4.69) is 4.74 Å². The maximum absolute atomic E-state index is 12.4. The van der Waals surface area contributed by atoms with Gasteiger partial charge in [0.2, 0.25) is 5.91 Å². The number of nitrogens with zero attached hydrogens (tertiary/aromatic N) is 2. The van der Waals surface area contributed by atoms with Crippen LogP contribution in [0.2, 0.25) is 0 Å². The number of amides is 1. The van der Waals surface area contributed by atoms with Crippen LogP contribution < -0.4 is 5.76 Å². The van der Waals surface area contributed by atoms with E-state index in [1.807, 2.05) is 26.0 Å². The highest BCUT2D eigenvalue weighted by Gasteiger charge is 2.27. The molecule has 1 aromatic heterocycles. The Kier molecular flexibility index (Phi) is 5.15. The van der Waals surface area contributed by atoms with Crippen LogP contribution in [0, 0.1) is 13.8 Å². The first-order chi connectivity index (χ1) is 12.4. The van der Waals surface area contributed by atoms with Crippen molar-refractivity contribution in [2.45, 2.75) is 45.6 Å². The summed E-state index contributed by atoms with van der Waals surface area (Å²) in [6.07, 6.45) is 1.63. The largest absolute Gasteiger partial charge is 0.469 e. The van der Waals surface area contributed by atoms with Gasteiger partial charge in [0, 0.05) is 25.6 Å². The molecule has 0 unspecified atom stereocenters. The number of fused-ring (bicyclic) bond motifs is 1. The van der Waals surface area contributed by atoms with E-state index in [0.717, 1.165) is 16.6 Å². The molecule has 140 valence electrons. The van der Waals surface area contributed by atoms with Crippen molar-refractivity contribution in [1.82, 2.24) is 9.47 Å². The topological polar surface area (TPSA) is 81.8 Å². The van der Waals surface area contributed by atoms with Crippen molar-refractivity contribution >= 4 is 23.0 Å². The van der Waals surface area contributed by atoms with Crippen LogP contribution in [0.5, 0.6) is 0 Å². The lowest BCUT2D eigenvalue weighted by atomic mass is 10.0. The van der Waals surface area contributed by atoms with E-state index in [1.165, 1.54) is 7.11 Å². The zero-order chi connectivity index (χ0) is 18.8. The molecular weight excluding hydrogens is 336 g/mol. The zero-order valence-electron chi connectivity index (χ0n) is 15.4. The fourth-order valence-electron chi connectivity index (χ4n) is 3.67. The number of hydrogen-bond acceptors (Lipinski definition) is 5. The average molecular weight is 360 g/mol. The summed E-state index contributed by atoms with van der Waals surface area (Å²) in [5.74, 6) is -0.774. The second kappa shape index (κ2) is 7.35. The number of aromatic nitrogens is 1. The first-order valence-corrected chi connectivity index (χ1v) is 8.87. The molecular formula is C19H24N2O5. The normalized spacial score (nSPS) is 15.4. The Morgan fingerprint density at radius 2 is 1.88 bits per heavy atom. The van der Waals surface area contributed by atoms with Crippen LogP contribution in [0.1, 0.15) is 42.9 Å². The van der Waals surface area contributed by atoms with Crippen LogP contribution in [0.25, 0.3) is 11.1 Å². The van der Waals surface area contributed by atoms with Crippen LogP contribution in [0.15, 0.2) is 21.3 Å². The highest BCUT2D eigenvalue weighted by Crippen LogP contribution is 2.28.